The van der Waals surface area contributed by atoms with E-state index in [-0.39, 0.29) is 22.9 Å². The molecule has 186 valence electrons. The molecule has 0 amide bonds. The molecule has 1 aliphatic heterocycles. The first-order valence-electron chi connectivity index (χ1n) is 12.9. The molecule has 9 heteroatoms. The Bertz CT molecular complexity index is 1520. The van der Waals surface area contributed by atoms with Gasteiger partial charge in [0.25, 0.3) is 5.56 Å². The van der Waals surface area contributed by atoms with E-state index in [2.05, 4.69) is 32.4 Å². The molecule has 2 fully saturated rings. The molecule has 1 aliphatic carbocycles. The molecule has 2 aliphatic rings. The van der Waals surface area contributed by atoms with E-state index in [1.54, 1.807) is 17.7 Å². The fourth-order valence-electron chi connectivity index (χ4n) is 5.94. The van der Waals surface area contributed by atoms with E-state index in [9.17, 15) is 9.59 Å². The Morgan fingerprint density at radius 2 is 1.83 bits per heavy atom. The molecule has 6 rings (SSSR count). The summed E-state index contributed by atoms with van der Waals surface area (Å²) in [7, 11) is 0. The molecule has 2 N–H and O–H groups in total. The molecule has 0 aromatic carbocycles. The van der Waals surface area contributed by atoms with E-state index in [1.165, 1.54) is 6.92 Å². The Hall–Kier alpha value is -3.59. The van der Waals surface area contributed by atoms with Gasteiger partial charge in [0.1, 0.15) is 11.5 Å². The van der Waals surface area contributed by atoms with E-state index in [1.807, 2.05) is 12.1 Å². The third kappa shape index (κ3) is 3.87. The van der Waals surface area contributed by atoms with Crippen molar-refractivity contribution in [2.45, 2.75) is 64.5 Å². The second-order valence-electron chi connectivity index (χ2n) is 10.0. The first kappa shape index (κ1) is 22.8. The number of carbonyl (C=O) groups is 1. The van der Waals surface area contributed by atoms with E-state index in [0.29, 0.717) is 29.0 Å². The van der Waals surface area contributed by atoms with Gasteiger partial charge in [0.15, 0.2) is 5.78 Å². The lowest BCUT2D eigenvalue weighted by Gasteiger charge is -2.25. The van der Waals surface area contributed by atoms with Crippen LogP contribution in [0.5, 0.6) is 0 Å². The molecule has 4 aromatic heterocycles. The van der Waals surface area contributed by atoms with Crippen LogP contribution < -0.4 is 16.2 Å². The Balaban J connectivity index is 1.38. The summed E-state index contributed by atoms with van der Waals surface area (Å²) in [5, 5.41) is 7.39. The highest BCUT2D eigenvalue weighted by molar-refractivity contribution is 5.99. The van der Waals surface area contributed by atoms with Gasteiger partial charge >= 0.3 is 0 Å². The number of nitrogens with one attached hydrogen (secondary N) is 2. The predicted molar refractivity (Wildman–Crippen MR) is 140 cm³/mol. The standard InChI is InChI=1S/C27H31N7O2/c1-16-20-15-29-27(32-25(20)34(19-5-3-4-6-19)26(36)24(16)17(2)35)31-23-8-7-22-21(30-23)11-14-33(22)18-9-12-28-13-10-18/h7-8,11,14-15,18-19,28H,3-6,9-10,12-13H2,1-2H3,(H,29,30,31,32). The van der Waals surface area contributed by atoms with Gasteiger partial charge in [0.05, 0.1) is 16.6 Å². The molecule has 0 radical (unpaired) electrons. The Morgan fingerprint density at radius 3 is 2.58 bits per heavy atom. The summed E-state index contributed by atoms with van der Waals surface area (Å²) in [6.45, 7) is 5.33. The summed E-state index contributed by atoms with van der Waals surface area (Å²) in [5.41, 5.74) is 3.25. The van der Waals surface area contributed by atoms with Gasteiger partial charge in [0, 0.05) is 29.9 Å². The molecule has 5 heterocycles. The van der Waals surface area contributed by atoms with E-state index in [0.717, 1.165) is 68.0 Å². The van der Waals surface area contributed by atoms with Crippen molar-refractivity contribution in [1.82, 2.24) is 29.4 Å². The average molecular weight is 486 g/mol. The van der Waals surface area contributed by atoms with Gasteiger partial charge in [-0.25, -0.2) is 9.97 Å². The summed E-state index contributed by atoms with van der Waals surface area (Å²) in [6, 6.07) is 6.62. The van der Waals surface area contributed by atoms with Crippen LogP contribution in [0.4, 0.5) is 11.8 Å². The second-order valence-corrected chi connectivity index (χ2v) is 10.0. The highest BCUT2D eigenvalue weighted by atomic mass is 16.1. The average Bonchev–Trinajstić information content (AvgIpc) is 3.55. The lowest BCUT2D eigenvalue weighted by Crippen LogP contribution is -2.30. The van der Waals surface area contributed by atoms with Gasteiger partial charge in [-0.3, -0.25) is 14.2 Å². The van der Waals surface area contributed by atoms with Gasteiger partial charge < -0.3 is 15.2 Å². The number of pyridine rings is 2. The molecule has 0 spiro atoms. The summed E-state index contributed by atoms with van der Waals surface area (Å²) < 4.78 is 4.06. The third-order valence-corrected chi connectivity index (χ3v) is 7.77. The van der Waals surface area contributed by atoms with E-state index in [4.69, 9.17) is 9.97 Å². The first-order valence-corrected chi connectivity index (χ1v) is 12.9. The minimum atomic E-state index is -0.247. The lowest BCUT2D eigenvalue weighted by molar-refractivity contribution is 0.101. The molecule has 0 atom stereocenters. The van der Waals surface area contributed by atoms with Crippen LogP contribution >= 0.6 is 0 Å². The van der Waals surface area contributed by atoms with Crippen molar-refractivity contribution in [3.63, 3.8) is 0 Å². The quantitative estimate of drug-likeness (QED) is 0.403. The highest BCUT2D eigenvalue weighted by Crippen LogP contribution is 2.32. The van der Waals surface area contributed by atoms with Gasteiger partial charge in [-0.2, -0.15) is 4.98 Å². The molecule has 1 saturated heterocycles. The largest absolute Gasteiger partial charge is 0.343 e. The Labute approximate surface area is 209 Å². The maximum absolute atomic E-state index is 13.4. The second kappa shape index (κ2) is 9.13. The number of aromatic nitrogens is 5. The number of piperidine rings is 1. The van der Waals surface area contributed by atoms with Crippen molar-refractivity contribution in [2.75, 3.05) is 18.4 Å². The third-order valence-electron chi connectivity index (χ3n) is 7.77. The van der Waals surface area contributed by atoms with E-state index >= 15 is 0 Å². The highest BCUT2D eigenvalue weighted by Gasteiger charge is 2.26. The normalized spacial score (nSPS) is 17.3. The lowest BCUT2D eigenvalue weighted by atomic mass is 10.0. The molecule has 0 bridgehead atoms. The van der Waals surface area contributed by atoms with Crippen molar-refractivity contribution in [1.29, 1.82) is 0 Å². The van der Waals surface area contributed by atoms with Crippen molar-refractivity contribution < 1.29 is 4.79 Å². The molecular weight excluding hydrogens is 454 g/mol. The minimum Gasteiger partial charge on any atom is -0.343 e. The number of rotatable bonds is 5. The summed E-state index contributed by atoms with van der Waals surface area (Å²) >= 11 is 0. The number of aryl methyl sites for hydroxylation is 1. The number of carbonyl (C=O) groups excluding carboxylic acids is 1. The Morgan fingerprint density at radius 1 is 1.06 bits per heavy atom. The maximum atomic E-state index is 13.4. The van der Waals surface area contributed by atoms with Crippen molar-refractivity contribution in [3.8, 4) is 0 Å². The molecule has 36 heavy (non-hydrogen) atoms. The van der Waals surface area contributed by atoms with Crippen molar-refractivity contribution in [3.05, 3.63) is 52.1 Å². The van der Waals surface area contributed by atoms with Gasteiger partial charge in [-0.1, -0.05) is 12.8 Å². The zero-order chi connectivity index (χ0) is 24.8. The number of nitrogens with zero attached hydrogens (tertiary/aromatic N) is 5. The number of fused-ring (bicyclic) bond motifs is 2. The summed E-state index contributed by atoms with van der Waals surface area (Å²) in [5.74, 6) is 0.812. The predicted octanol–water partition coefficient (Wildman–Crippen LogP) is 4.44. The monoisotopic (exact) mass is 485 g/mol. The summed E-state index contributed by atoms with van der Waals surface area (Å²) in [4.78, 5) is 39.8. The minimum absolute atomic E-state index is 0.0469. The van der Waals surface area contributed by atoms with Crippen LogP contribution in [0, 0.1) is 6.92 Å². The molecule has 1 saturated carbocycles. The van der Waals surface area contributed by atoms with Crippen LogP contribution in [0.15, 0.2) is 35.4 Å². The Kier molecular flexibility index (Phi) is 5.79. The van der Waals surface area contributed by atoms with E-state index < -0.39 is 0 Å². The SMILES string of the molecule is CC(=O)c1c(C)c2cnc(Nc3ccc4c(ccn4C4CCNCC4)n3)nc2n(C2CCCC2)c1=O. The first-order chi connectivity index (χ1) is 17.5. The fourth-order valence-corrected chi connectivity index (χ4v) is 5.94. The van der Waals surface area contributed by atoms with Gasteiger partial charge in [-0.15, -0.1) is 0 Å². The van der Waals surface area contributed by atoms with Crippen LogP contribution in [0.25, 0.3) is 22.1 Å². The molecule has 0 unspecified atom stereocenters. The van der Waals surface area contributed by atoms with Crippen LogP contribution in [-0.4, -0.2) is 43.0 Å². The zero-order valence-electron chi connectivity index (χ0n) is 20.8. The molecule has 4 aromatic rings. The van der Waals surface area contributed by atoms with Crippen LogP contribution in [0.1, 0.15) is 73.5 Å². The van der Waals surface area contributed by atoms with Crippen molar-refractivity contribution in [2.24, 2.45) is 0 Å². The molecule has 9 nitrogen and oxygen atoms in total. The van der Waals surface area contributed by atoms with Gasteiger partial charge in [0.2, 0.25) is 5.95 Å². The topological polar surface area (TPSA) is 107 Å². The van der Waals surface area contributed by atoms with Gasteiger partial charge in [-0.05, 0) is 76.4 Å². The maximum Gasteiger partial charge on any atom is 0.263 e. The number of hydrogen-bond donors (Lipinski definition) is 2. The summed E-state index contributed by atoms with van der Waals surface area (Å²) in [6.07, 6.45) is 10.0. The number of hydrogen-bond acceptors (Lipinski definition) is 7. The van der Waals surface area contributed by atoms with Crippen molar-refractivity contribution >= 4 is 39.6 Å². The zero-order valence-corrected chi connectivity index (χ0v) is 20.8. The van der Waals surface area contributed by atoms with Crippen LogP contribution in [-0.2, 0) is 0 Å². The fraction of sp³-hybridized carbons (Fsp3) is 0.444. The smallest absolute Gasteiger partial charge is 0.263 e. The number of anilines is 2. The van der Waals surface area contributed by atoms with Crippen LogP contribution in [0.3, 0.4) is 0 Å². The number of ketones is 1. The number of Topliss-reactive ketones (excluding diaryl/α,β-unsaturated/α-hetero) is 1. The van der Waals surface area contributed by atoms with Crippen LogP contribution in [0.2, 0.25) is 0 Å². The molecular formula is C27H31N7O2.